The third-order valence-corrected chi connectivity index (χ3v) is 8.50. The standard InChI is InChI=1S/C34H36F2N6O3/c1-6-27(43)40-14-15-41(21(5)17-40)32-23-16-25(36)30(28-24(35)8-7-9-26(28)45-18-22-10-11-22)38-33(23)42(34(44)39-32)31-20(4)12-13-37-29(31)19(2)3/h6-9,12-13,16,19,21-22H,1,10-11,14-15,17-18H2,2-5H3/t21-/m0/s1. The van der Waals surface area contributed by atoms with Crippen molar-refractivity contribution >= 4 is 22.8 Å². The molecule has 0 N–H and O–H groups in total. The summed E-state index contributed by atoms with van der Waals surface area (Å²) in [4.78, 5) is 43.7. The van der Waals surface area contributed by atoms with Gasteiger partial charge in [-0.2, -0.15) is 4.98 Å². The van der Waals surface area contributed by atoms with E-state index in [4.69, 9.17) is 9.72 Å². The average molecular weight is 615 g/mol. The number of pyridine rings is 2. The zero-order valence-electron chi connectivity index (χ0n) is 25.9. The Labute approximate surface area is 260 Å². The lowest BCUT2D eigenvalue weighted by Crippen LogP contribution is -2.54. The van der Waals surface area contributed by atoms with E-state index in [-0.39, 0.29) is 51.7 Å². The number of piperazine rings is 1. The quantitative estimate of drug-likeness (QED) is 0.240. The van der Waals surface area contributed by atoms with E-state index in [2.05, 4.69) is 16.5 Å². The van der Waals surface area contributed by atoms with Crippen LogP contribution in [-0.2, 0) is 4.79 Å². The van der Waals surface area contributed by atoms with Crippen molar-refractivity contribution in [2.24, 2.45) is 5.92 Å². The number of hydrogen-bond acceptors (Lipinski definition) is 7. The first-order valence-electron chi connectivity index (χ1n) is 15.3. The Balaban J connectivity index is 1.61. The molecule has 2 fully saturated rings. The Morgan fingerprint density at radius 2 is 1.93 bits per heavy atom. The molecule has 0 spiro atoms. The first-order chi connectivity index (χ1) is 21.6. The van der Waals surface area contributed by atoms with E-state index in [9.17, 15) is 9.59 Å². The van der Waals surface area contributed by atoms with E-state index >= 15 is 8.78 Å². The molecule has 2 aliphatic rings. The summed E-state index contributed by atoms with van der Waals surface area (Å²) in [5, 5.41) is 0.279. The predicted molar refractivity (Wildman–Crippen MR) is 169 cm³/mol. The van der Waals surface area contributed by atoms with Crippen LogP contribution >= 0.6 is 0 Å². The number of fused-ring (bicyclic) bond motifs is 1. The number of carbonyl (C=O) groups excluding carboxylic acids is 1. The molecule has 234 valence electrons. The maximum absolute atomic E-state index is 16.3. The van der Waals surface area contributed by atoms with Gasteiger partial charge in [-0.15, -0.1) is 0 Å². The summed E-state index contributed by atoms with van der Waals surface area (Å²) in [6.07, 6.45) is 5.01. The molecule has 1 aliphatic heterocycles. The summed E-state index contributed by atoms with van der Waals surface area (Å²) in [6, 6.07) is 7.16. The van der Waals surface area contributed by atoms with Crippen LogP contribution < -0.4 is 15.3 Å². The molecule has 1 aliphatic carbocycles. The number of anilines is 1. The monoisotopic (exact) mass is 614 g/mol. The fourth-order valence-electron chi connectivity index (χ4n) is 5.93. The molecule has 1 saturated carbocycles. The molecule has 9 nitrogen and oxygen atoms in total. The second kappa shape index (κ2) is 12.0. The van der Waals surface area contributed by atoms with Gasteiger partial charge in [-0.3, -0.25) is 9.78 Å². The van der Waals surface area contributed by atoms with Crippen LogP contribution in [0.2, 0.25) is 0 Å². The number of aryl methyl sites for hydroxylation is 1. The number of halogens is 2. The summed E-state index contributed by atoms with van der Waals surface area (Å²) in [6.45, 7) is 12.8. The summed E-state index contributed by atoms with van der Waals surface area (Å²) in [5.41, 5.74) is 1.02. The number of benzene rings is 1. The number of rotatable bonds is 8. The van der Waals surface area contributed by atoms with Crippen LogP contribution in [0.1, 0.15) is 50.8 Å². The van der Waals surface area contributed by atoms with Gasteiger partial charge < -0.3 is 14.5 Å². The second-order valence-electron chi connectivity index (χ2n) is 12.2. The smallest absolute Gasteiger partial charge is 0.355 e. The highest BCUT2D eigenvalue weighted by Crippen LogP contribution is 2.38. The average Bonchev–Trinajstić information content (AvgIpc) is 3.84. The van der Waals surface area contributed by atoms with Crippen molar-refractivity contribution in [2.45, 2.75) is 52.5 Å². The van der Waals surface area contributed by atoms with Crippen molar-refractivity contribution in [3.63, 3.8) is 0 Å². The molecule has 1 aromatic carbocycles. The third kappa shape index (κ3) is 5.67. The van der Waals surface area contributed by atoms with Gasteiger partial charge in [0.15, 0.2) is 11.5 Å². The molecular formula is C34H36F2N6O3. The van der Waals surface area contributed by atoms with E-state index in [1.807, 2.05) is 32.6 Å². The van der Waals surface area contributed by atoms with Gasteiger partial charge in [0, 0.05) is 31.9 Å². The van der Waals surface area contributed by atoms with Crippen LogP contribution in [0.3, 0.4) is 0 Å². The van der Waals surface area contributed by atoms with Crippen molar-refractivity contribution in [3.05, 3.63) is 82.6 Å². The van der Waals surface area contributed by atoms with Crippen molar-refractivity contribution < 1.29 is 18.3 Å². The fourth-order valence-corrected chi connectivity index (χ4v) is 5.93. The lowest BCUT2D eigenvalue weighted by atomic mass is 10.0. The molecule has 45 heavy (non-hydrogen) atoms. The predicted octanol–water partition coefficient (Wildman–Crippen LogP) is 5.56. The third-order valence-electron chi connectivity index (χ3n) is 8.50. The summed E-state index contributed by atoms with van der Waals surface area (Å²) >= 11 is 0. The molecule has 4 heterocycles. The highest BCUT2D eigenvalue weighted by molar-refractivity contribution is 5.91. The molecule has 4 aromatic rings. The zero-order chi connectivity index (χ0) is 32.0. The first kappa shape index (κ1) is 30.4. The van der Waals surface area contributed by atoms with Crippen LogP contribution in [0, 0.1) is 24.5 Å². The van der Waals surface area contributed by atoms with Crippen LogP contribution in [-0.4, -0.2) is 62.6 Å². The van der Waals surface area contributed by atoms with Crippen LogP contribution in [0.15, 0.2) is 54.0 Å². The molecule has 3 aromatic heterocycles. The van der Waals surface area contributed by atoms with Gasteiger partial charge in [0.05, 0.1) is 28.9 Å². The van der Waals surface area contributed by atoms with Crippen molar-refractivity contribution in [1.82, 2.24) is 24.4 Å². The Bertz CT molecular complexity index is 1870. The Kier molecular flexibility index (Phi) is 8.11. The first-order valence-corrected chi connectivity index (χ1v) is 15.3. The Hall–Kier alpha value is -4.67. The highest BCUT2D eigenvalue weighted by Gasteiger charge is 2.31. The number of ether oxygens (including phenoxy) is 1. The number of carbonyl (C=O) groups is 1. The van der Waals surface area contributed by atoms with Gasteiger partial charge in [-0.1, -0.05) is 26.5 Å². The lowest BCUT2D eigenvalue weighted by Gasteiger charge is -2.40. The summed E-state index contributed by atoms with van der Waals surface area (Å²) in [5.74, 6) is -0.898. The summed E-state index contributed by atoms with van der Waals surface area (Å²) in [7, 11) is 0. The molecule has 1 saturated heterocycles. The van der Waals surface area contributed by atoms with E-state index in [0.717, 1.165) is 18.4 Å². The minimum Gasteiger partial charge on any atom is -0.492 e. The highest BCUT2D eigenvalue weighted by atomic mass is 19.1. The normalized spacial score (nSPS) is 16.8. The minimum atomic E-state index is -0.780. The van der Waals surface area contributed by atoms with Crippen LogP contribution in [0.5, 0.6) is 5.75 Å². The molecule has 0 radical (unpaired) electrons. The maximum atomic E-state index is 16.3. The largest absolute Gasteiger partial charge is 0.492 e. The number of aromatic nitrogens is 4. The molecular weight excluding hydrogens is 578 g/mol. The number of hydrogen-bond donors (Lipinski definition) is 0. The number of nitrogens with zero attached hydrogens (tertiary/aromatic N) is 6. The zero-order valence-corrected chi connectivity index (χ0v) is 25.9. The molecule has 0 unspecified atom stereocenters. The van der Waals surface area contributed by atoms with E-state index < -0.39 is 17.3 Å². The van der Waals surface area contributed by atoms with Gasteiger partial charge in [-0.05, 0) is 74.4 Å². The van der Waals surface area contributed by atoms with Crippen LogP contribution in [0.25, 0.3) is 28.0 Å². The molecule has 11 heteroatoms. The maximum Gasteiger partial charge on any atom is 0.355 e. The van der Waals surface area contributed by atoms with E-state index in [1.165, 1.54) is 28.8 Å². The fraction of sp³-hybridized carbons (Fsp3) is 0.382. The van der Waals surface area contributed by atoms with Crippen molar-refractivity contribution in [3.8, 4) is 22.7 Å². The van der Waals surface area contributed by atoms with Gasteiger partial charge in [-0.25, -0.2) is 23.1 Å². The van der Waals surface area contributed by atoms with Gasteiger partial charge in [0.1, 0.15) is 23.1 Å². The Morgan fingerprint density at radius 3 is 2.62 bits per heavy atom. The molecule has 6 rings (SSSR count). The van der Waals surface area contributed by atoms with E-state index in [0.29, 0.717) is 43.5 Å². The second-order valence-corrected chi connectivity index (χ2v) is 12.2. The number of amides is 1. The molecule has 1 atom stereocenters. The molecule has 1 amide bonds. The Morgan fingerprint density at radius 1 is 1.16 bits per heavy atom. The lowest BCUT2D eigenvalue weighted by molar-refractivity contribution is -0.126. The van der Waals surface area contributed by atoms with Gasteiger partial charge in [0.2, 0.25) is 5.91 Å². The van der Waals surface area contributed by atoms with Gasteiger partial charge in [0.25, 0.3) is 0 Å². The summed E-state index contributed by atoms with van der Waals surface area (Å²) < 4.78 is 39.1. The molecule has 0 bridgehead atoms. The van der Waals surface area contributed by atoms with Crippen LogP contribution in [0.4, 0.5) is 14.6 Å². The van der Waals surface area contributed by atoms with Crippen molar-refractivity contribution in [1.29, 1.82) is 0 Å². The minimum absolute atomic E-state index is 0.0639. The SMILES string of the molecule is C=CC(=O)N1CCN(c2nc(=O)n(-c3c(C)ccnc3C(C)C)c3nc(-c4c(F)cccc4OCC4CC4)c(F)cc23)[C@@H](C)C1. The van der Waals surface area contributed by atoms with Gasteiger partial charge >= 0.3 is 5.69 Å². The topological polar surface area (TPSA) is 93.5 Å². The van der Waals surface area contributed by atoms with Crippen molar-refractivity contribution in [2.75, 3.05) is 31.1 Å². The van der Waals surface area contributed by atoms with E-state index in [1.54, 1.807) is 23.2 Å².